The largest absolute Gasteiger partial charge is 0.426 e. The van der Waals surface area contributed by atoms with Crippen LogP contribution in [0, 0.1) is 17.8 Å². The molecule has 0 aromatic rings. The molecule has 2 saturated carbocycles. The van der Waals surface area contributed by atoms with Crippen LogP contribution >= 0.6 is 0 Å². The summed E-state index contributed by atoms with van der Waals surface area (Å²) in [6.45, 7) is 0.797. The van der Waals surface area contributed by atoms with Crippen LogP contribution in [-0.2, 0) is 9.47 Å². The topological polar surface area (TPSA) is 18.5 Å². The van der Waals surface area contributed by atoms with E-state index in [9.17, 15) is 26.3 Å². The van der Waals surface area contributed by atoms with Gasteiger partial charge in [0.1, 0.15) is 0 Å². The Balaban J connectivity index is 2.17. The quantitative estimate of drug-likeness (QED) is 0.489. The second kappa shape index (κ2) is 6.78. The fraction of sp³-hybridized carbons (Fsp3) is 1.00. The Kier molecular flexibility index (Phi) is 5.55. The summed E-state index contributed by atoms with van der Waals surface area (Å²) in [5.41, 5.74) is -4.09. The van der Waals surface area contributed by atoms with Gasteiger partial charge in [-0.3, -0.25) is 0 Å². The minimum atomic E-state index is -5.50. The second-order valence-electron chi connectivity index (χ2n) is 6.51. The summed E-state index contributed by atoms with van der Waals surface area (Å²) in [7, 11) is 0. The highest BCUT2D eigenvalue weighted by Gasteiger charge is 2.73. The zero-order valence-corrected chi connectivity index (χ0v) is 13.0. The normalized spacial score (nSPS) is 28.6. The van der Waals surface area contributed by atoms with Crippen molar-refractivity contribution in [2.45, 2.75) is 57.0 Å². The van der Waals surface area contributed by atoms with Crippen molar-refractivity contribution in [3.8, 4) is 0 Å². The summed E-state index contributed by atoms with van der Waals surface area (Å²) < 4.78 is 89.6. The molecule has 2 rings (SSSR count). The molecule has 0 saturated heterocycles. The number of alkyl halides is 6. The van der Waals surface area contributed by atoms with E-state index in [-0.39, 0.29) is 25.0 Å². The van der Waals surface area contributed by atoms with Gasteiger partial charge in [-0.1, -0.05) is 6.42 Å². The van der Waals surface area contributed by atoms with Crippen LogP contribution in [0.5, 0.6) is 0 Å². The molecule has 0 aromatic carbocycles. The van der Waals surface area contributed by atoms with E-state index in [1.807, 2.05) is 0 Å². The molecule has 2 bridgehead atoms. The van der Waals surface area contributed by atoms with Gasteiger partial charge in [0.05, 0.1) is 13.2 Å². The van der Waals surface area contributed by atoms with E-state index in [2.05, 4.69) is 4.74 Å². The van der Waals surface area contributed by atoms with Gasteiger partial charge in [-0.2, -0.15) is 26.3 Å². The molecular weight excluding hydrogens is 326 g/mol. The monoisotopic (exact) mass is 348 g/mol. The lowest BCUT2D eigenvalue weighted by Crippen LogP contribution is -2.60. The van der Waals surface area contributed by atoms with Crippen molar-refractivity contribution in [1.82, 2.24) is 0 Å². The Morgan fingerprint density at radius 1 is 0.913 bits per heavy atom. The summed E-state index contributed by atoms with van der Waals surface area (Å²) in [6.07, 6.45) is -9.22. The second-order valence-corrected chi connectivity index (χ2v) is 6.51. The van der Waals surface area contributed by atoms with Crippen molar-refractivity contribution in [3.05, 3.63) is 0 Å². The molecule has 0 aliphatic heterocycles. The molecule has 0 N–H and O–H groups in total. The van der Waals surface area contributed by atoms with Crippen molar-refractivity contribution < 1.29 is 35.8 Å². The van der Waals surface area contributed by atoms with E-state index in [0.717, 1.165) is 19.3 Å². The number of ether oxygens (including phenoxy) is 2. The number of halogens is 6. The lowest BCUT2D eigenvalue weighted by molar-refractivity contribution is -0.387. The van der Waals surface area contributed by atoms with Crippen LogP contribution < -0.4 is 0 Å². The predicted octanol–water partition coefficient (Wildman–Crippen LogP) is 4.73. The highest BCUT2D eigenvalue weighted by Crippen LogP contribution is 2.56. The maximum Gasteiger partial charge on any atom is 0.426 e. The van der Waals surface area contributed by atoms with E-state index in [1.54, 1.807) is 6.92 Å². The molecule has 2 aliphatic carbocycles. The fourth-order valence-corrected chi connectivity index (χ4v) is 4.03. The molecule has 2 fully saturated rings. The fourth-order valence-electron chi connectivity index (χ4n) is 4.03. The van der Waals surface area contributed by atoms with Crippen molar-refractivity contribution in [2.75, 3.05) is 19.8 Å². The Hall–Kier alpha value is -0.500. The molecule has 0 aromatic heterocycles. The molecule has 136 valence electrons. The van der Waals surface area contributed by atoms with Crippen molar-refractivity contribution in [3.63, 3.8) is 0 Å². The Morgan fingerprint density at radius 2 is 1.57 bits per heavy atom. The first kappa shape index (κ1) is 18.8. The van der Waals surface area contributed by atoms with Crippen LogP contribution in [0.3, 0.4) is 0 Å². The first-order valence-corrected chi connectivity index (χ1v) is 7.96. The highest BCUT2D eigenvalue weighted by molar-refractivity contribution is 5.01. The predicted molar refractivity (Wildman–Crippen MR) is 70.8 cm³/mol. The first-order chi connectivity index (χ1) is 10.6. The van der Waals surface area contributed by atoms with Gasteiger partial charge in [-0.15, -0.1) is 0 Å². The summed E-state index contributed by atoms with van der Waals surface area (Å²) >= 11 is 0. The molecular formula is C15H22F6O2. The third-order valence-corrected chi connectivity index (χ3v) is 5.13. The van der Waals surface area contributed by atoms with E-state index in [1.165, 1.54) is 0 Å². The SMILES string of the molecule is CCOCCOC(CC1CC2CCC1C2)(C(F)(F)F)C(F)(F)F. The van der Waals surface area contributed by atoms with Gasteiger partial charge < -0.3 is 9.47 Å². The maximum absolute atomic E-state index is 13.4. The van der Waals surface area contributed by atoms with Crippen molar-refractivity contribution in [2.24, 2.45) is 17.8 Å². The molecule has 0 amide bonds. The van der Waals surface area contributed by atoms with Gasteiger partial charge in [0.25, 0.3) is 5.60 Å². The van der Waals surface area contributed by atoms with Crippen LogP contribution in [0.25, 0.3) is 0 Å². The Bertz CT molecular complexity index is 378. The summed E-state index contributed by atoms with van der Waals surface area (Å²) in [4.78, 5) is 0. The zero-order valence-electron chi connectivity index (χ0n) is 13.0. The number of hydrogen-bond acceptors (Lipinski definition) is 2. The highest BCUT2D eigenvalue weighted by atomic mass is 19.4. The molecule has 0 spiro atoms. The molecule has 0 heterocycles. The van der Waals surface area contributed by atoms with Crippen LogP contribution in [0.1, 0.15) is 39.0 Å². The summed E-state index contributed by atoms with van der Waals surface area (Å²) in [5, 5.41) is 0. The standard InChI is InChI=1S/C15H22F6O2/c1-2-22-5-6-23-13(14(16,17)18,15(19,20)21)9-12-8-10-3-4-11(12)7-10/h10-12H,2-9H2,1H3. The number of fused-ring (bicyclic) bond motifs is 2. The third kappa shape index (κ3) is 3.78. The van der Waals surface area contributed by atoms with Gasteiger partial charge in [0.2, 0.25) is 0 Å². The maximum atomic E-state index is 13.4. The van der Waals surface area contributed by atoms with Gasteiger partial charge in [0, 0.05) is 6.61 Å². The number of hydrogen-bond donors (Lipinski definition) is 0. The average Bonchev–Trinajstić information content (AvgIpc) is 3.01. The summed E-state index contributed by atoms with van der Waals surface area (Å²) in [5.74, 6) is -0.351. The average molecular weight is 348 g/mol. The lowest BCUT2D eigenvalue weighted by Gasteiger charge is -2.40. The molecule has 0 radical (unpaired) electrons. The van der Waals surface area contributed by atoms with Gasteiger partial charge >= 0.3 is 12.4 Å². The third-order valence-electron chi connectivity index (χ3n) is 5.13. The minimum absolute atomic E-state index is 0.0421. The van der Waals surface area contributed by atoms with Crippen molar-refractivity contribution >= 4 is 0 Å². The van der Waals surface area contributed by atoms with Gasteiger partial charge in [-0.05, 0) is 50.4 Å². The molecule has 2 nitrogen and oxygen atoms in total. The molecule has 3 unspecified atom stereocenters. The smallest absolute Gasteiger partial charge is 0.379 e. The van der Waals surface area contributed by atoms with E-state index in [4.69, 9.17) is 4.74 Å². The molecule has 2 aliphatic rings. The van der Waals surface area contributed by atoms with E-state index < -0.39 is 36.9 Å². The van der Waals surface area contributed by atoms with Gasteiger partial charge in [0.15, 0.2) is 0 Å². The van der Waals surface area contributed by atoms with Crippen molar-refractivity contribution in [1.29, 1.82) is 0 Å². The molecule has 3 atom stereocenters. The first-order valence-electron chi connectivity index (χ1n) is 7.96. The Morgan fingerprint density at radius 3 is 2.00 bits per heavy atom. The van der Waals surface area contributed by atoms with Crippen LogP contribution in [0.2, 0.25) is 0 Å². The van der Waals surface area contributed by atoms with E-state index in [0.29, 0.717) is 6.42 Å². The molecule has 23 heavy (non-hydrogen) atoms. The molecule has 8 heteroatoms. The van der Waals surface area contributed by atoms with Gasteiger partial charge in [-0.25, -0.2) is 0 Å². The lowest BCUT2D eigenvalue weighted by atomic mass is 9.79. The van der Waals surface area contributed by atoms with E-state index >= 15 is 0 Å². The zero-order chi connectivity index (χ0) is 17.3. The summed E-state index contributed by atoms with van der Waals surface area (Å²) in [6, 6.07) is 0. The van der Waals surface area contributed by atoms with Crippen LogP contribution in [0.4, 0.5) is 26.3 Å². The number of rotatable bonds is 7. The van der Waals surface area contributed by atoms with Crippen LogP contribution in [-0.4, -0.2) is 37.8 Å². The Labute approximate surface area is 131 Å². The minimum Gasteiger partial charge on any atom is -0.379 e. The van der Waals surface area contributed by atoms with Crippen LogP contribution in [0.15, 0.2) is 0 Å².